The van der Waals surface area contributed by atoms with Gasteiger partial charge in [-0.3, -0.25) is 9.59 Å². The van der Waals surface area contributed by atoms with E-state index < -0.39 is 0 Å². The summed E-state index contributed by atoms with van der Waals surface area (Å²) in [6, 6.07) is 20.7. The summed E-state index contributed by atoms with van der Waals surface area (Å²) in [7, 11) is 0. The summed E-state index contributed by atoms with van der Waals surface area (Å²) in [5.74, 6) is -0.466. The Morgan fingerprint density at radius 2 is 1.38 bits per heavy atom. The van der Waals surface area contributed by atoms with Crippen molar-refractivity contribution in [1.82, 2.24) is 9.80 Å². The van der Waals surface area contributed by atoms with E-state index in [1.165, 1.54) is 29.8 Å². The molecular formula is C34H40F2N2O2. The van der Waals surface area contributed by atoms with Crippen LogP contribution in [0.3, 0.4) is 0 Å². The molecule has 0 radical (unpaired) electrons. The van der Waals surface area contributed by atoms with Crippen LogP contribution in [0.25, 0.3) is 0 Å². The predicted molar refractivity (Wildman–Crippen MR) is 155 cm³/mol. The van der Waals surface area contributed by atoms with Gasteiger partial charge in [0.15, 0.2) is 0 Å². The number of rotatable bonds is 8. The Morgan fingerprint density at radius 1 is 0.825 bits per heavy atom. The van der Waals surface area contributed by atoms with Crippen LogP contribution < -0.4 is 0 Å². The topological polar surface area (TPSA) is 40.6 Å². The number of amides is 2. The minimum atomic E-state index is -0.290. The van der Waals surface area contributed by atoms with Crippen molar-refractivity contribution < 1.29 is 18.4 Å². The van der Waals surface area contributed by atoms with Gasteiger partial charge in [-0.1, -0.05) is 63.6 Å². The molecule has 1 aliphatic rings. The van der Waals surface area contributed by atoms with Crippen molar-refractivity contribution in [2.45, 2.75) is 70.8 Å². The number of piperazine rings is 1. The third-order valence-electron chi connectivity index (χ3n) is 7.91. The SMILES string of the molecule is CC1CN(C(=O)c2ccc(C(C)(C)C)cc2)CCN1C(=O)CCCCC(c1ccc(F)cc1)c1ccc(F)cc1. The van der Waals surface area contributed by atoms with Crippen molar-refractivity contribution in [3.05, 3.63) is 107 Å². The summed E-state index contributed by atoms with van der Waals surface area (Å²) in [6.45, 7) is 10.0. The molecule has 1 unspecified atom stereocenters. The monoisotopic (exact) mass is 546 g/mol. The second-order valence-electron chi connectivity index (χ2n) is 11.9. The number of nitrogens with zero attached hydrogens (tertiary/aromatic N) is 2. The molecule has 6 heteroatoms. The number of hydrogen-bond acceptors (Lipinski definition) is 2. The Hall–Kier alpha value is -3.54. The summed E-state index contributed by atoms with van der Waals surface area (Å²) in [6.07, 6.45) is 2.74. The van der Waals surface area contributed by atoms with E-state index in [0.717, 1.165) is 30.4 Å². The fourth-order valence-electron chi connectivity index (χ4n) is 5.49. The first-order valence-electron chi connectivity index (χ1n) is 14.2. The van der Waals surface area contributed by atoms with Crippen LogP contribution in [-0.4, -0.2) is 47.3 Å². The molecule has 1 heterocycles. The van der Waals surface area contributed by atoms with E-state index in [2.05, 4.69) is 20.8 Å². The molecule has 1 fully saturated rings. The second kappa shape index (κ2) is 12.8. The highest BCUT2D eigenvalue weighted by atomic mass is 19.1. The highest BCUT2D eigenvalue weighted by molar-refractivity contribution is 5.94. The molecule has 3 aromatic carbocycles. The van der Waals surface area contributed by atoms with Gasteiger partial charge >= 0.3 is 0 Å². The van der Waals surface area contributed by atoms with Crippen LogP contribution in [-0.2, 0) is 10.2 Å². The Labute approximate surface area is 237 Å². The normalized spacial score (nSPS) is 15.9. The maximum Gasteiger partial charge on any atom is 0.253 e. The molecule has 4 rings (SSSR count). The molecule has 1 aliphatic heterocycles. The zero-order valence-electron chi connectivity index (χ0n) is 24.0. The maximum absolute atomic E-state index is 13.5. The van der Waals surface area contributed by atoms with Crippen LogP contribution in [0.5, 0.6) is 0 Å². The van der Waals surface area contributed by atoms with Crippen molar-refractivity contribution in [3.63, 3.8) is 0 Å². The summed E-state index contributed by atoms with van der Waals surface area (Å²) < 4.78 is 27.0. The van der Waals surface area contributed by atoms with Gasteiger partial charge in [0.25, 0.3) is 5.91 Å². The molecule has 0 N–H and O–H groups in total. The van der Waals surface area contributed by atoms with Gasteiger partial charge < -0.3 is 9.80 Å². The maximum atomic E-state index is 13.5. The van der Waals surface area contributed by atoms with E-state index in [-0.39, 0.29) is 40.8 Å². The average molecular weight is 547 g/mol. The number of carbonyl (C=O) groups excluding carboxylic acids is 2. The first kappa shape index (κ1) is 29.4. The zero-order valence-corrected chi connectivity index (χ0v) is 24.0. The van der Waals surface area contributed by atoms with Gasteiger partial charge in [-0.05, 0) is 78.3 Å². The molecule has 3 aromatic rings. The van der Waals surface area contributed by atoms with E-state index in [1.807, 2.05) is 41.0 Å². The molecule has 0 aromatic heterocycles. The Balaban J connectivity index is 1.29. The molecule has 0 spiro atoms. The lowest BCUT2D eigenvalue weighted by Gasteiger charge is -2.40. The minimum Gasteiger partial charge on any atom is -0.336 e. The molecule has 1 saturated heterocycles. The quantitative estimate of drug-likeness (QED) is 0.278. The molecule has 40 heavy (non-hydrogen) atoms. The smallest absolute Gasteiger partial charge is 0.253 e. The van der Waals surface area contributed by atoms with Gasteiger partial charge in [-0.2, -0.15) is 0 Å². The average Bonchev–Trinajstić information content (AvgIpc) is 2.93. The summed E-state index contributed by atoms with van der Waals surface area (Å²) in [5, 5.41) is 0. The lowest BCUT2D eigenvalue weighted by molar-refractivity contribution is -0.135. The predicted octanol–water partition coefficient (Wildman–Crippen LogP) is 7.33. The number of unbranched alkanes of at least 4 members (excludes halogenated alkanes) is 1. The molecular weight excluding hydrogens is 506 g/mol. The number of carbonyl (C=O) groups is 2. The van der Waals surface area contributed by atoms with Gasteiger partial charge in [0.1, 0.15) is 11.6 Å². The van der Waals surface area contributed by atoms with Crippen molar-refractivity contribution >= 4 is 11.8 Å². The number of halogens is 2. The Bertz CT molecular complexity index is 1240. The Kier molecular flexibility index (Phi) is 9.39. The summed E-state index contributed by atoms with van der Waals surface area (Å²) in [5.41, 5.74) is 3.85. The van der Waals surface area contributed by atoms with Gasteiger partial charge in [-0.25, -0.2) is 8.78 Å². The molecule has 0 saturated carbocycles. The van der Waals surface area contributed by atoms with Gasteiger partial charge in [0.2, 0.25) is 5.91 Å². The Morgan fingerprint density at radius 3 is 1.88 bits per heavy atom. The van der Waals surface area contributed by atoms with E-state index in [9.17, 15) is 18.4 Å². The molecule has 212 valence electrons. The van der Waals surface area contributed by atoms with Crippen molar-refractivity contribution in [2.24, 2.45) is 0 Å². The second-order valence-corrected chi connectivity index (χ2v) is 11.9. The molecule has 1 atom stereocenters. The van der Waals surface area contributed by atoms with Crippen LogP contribution in [0.1, 0.15) is 86.3 Å². The van der Waals surface area contributed by atoms with Crippen LogP contribution in [0.4, 0.5) is 8.78 Å². The third-order valence-corrected chi connectivity index (χ3v) is 7.91. The van der Waals surface area contributed by atoms with Crippen LogP contribution in [0.15, 0.2) is 72.8 Å². The molecule has 4 nitrogen and oxygen atoms in total. The van der Waals surface area contributed by atoms with Crippen molar-refractivity contribution in [2.75, 3.05) is 19.6 Å². The zero-order chi connectivity index (χ0) is 28.9. The van der Waals surface area contributed by atoms with Crippen molar-refractivity contribution in [3.8, 4) is 0 Å². The van der Waals surface area contributed by atoms with Crippen LogP contribution in [0.2, 0.25) is 0 Å². The van der Waals surface area contributed by atoms with Gasteiger partial charge in [0.05, 0.1) is 0 Å². The van der Waals surface area contributed by atoms with Gasteiger partial charge in [-0.15, -0.1) is 0 Å². The summed E-state index contributed by atoms with van der Waals surface area (Å²) >= 11 is 0. The highest BCUT2D eigenvalue weighted by Gasteiger charge is 2.30. The van der Waals surface area contributed by atoms with Crippen LogP contribution in [0, 0.1) is 11.6 Å². The van der Waals surface area contributed by atoms with E-state index in [1.54, 1.807) is 24.3 Å². The number of benzene rings is 3. The lowest BCUT2D eigenvalue weighted by atomic mass is 9.86. The van der Waals surface area contributed by atoms with Crippen molar-refractivity contribution in [1.29, 1.82) is 0 Å². The van der Waals surface area contributed by atoms with E-state index >= 15 is 0 Å². The number of hydrogen-bond donors (Lipinski definition) is 0. The van der Waals surface area contributed by atoms with E-state index in [0.29, 0.717) is 31.6 Å². The summed E-state index contributed by atoms with van der Waals surface area (Å²) in [4.78, 5) is 29.9. The fourth-order valence-corrected chi connectivity index (χ4v) is 5.49. The van der Waals surface area contributed by atoms with Crippen LogP contribution >= 0.6 is 0 Å². The van der Waals surface area contributed by atoms with Gasteiger partial charge in [0, 0.05) is 43.6 Å². The largest absolute Gasteiger partial charge is 0.336 e. The molecule has 0 aliphatic carbocycles. The fraction of sp³-hybridized carbons (Fsp3) is 0.412. The highest BCUT2D eigenvalue weighted by Crippen LogP contribution is 2.31. The third kappa shape index (κ3) is 7.35. The minimum absolute atomic E-state index is 0.00208. The lowest BCUT2D eigenvalue weighted by Crippen LogP contribution is -2.55. The molecule has 0 bridgehead atoms. The standard InChI is InChI=1S/C34H40F2N2O2/c1-24-23-37(33(40)27-9-15-28(16-10-27)34(2,3)4)21-22-38(24)32(39)8-6-5-7-31(25-11-17-29(35)18-12-25)26-13-19-30(36)20-14-26/h9-20,24,31H,5-8,21-23H2,1-4H3. The van der Waals surface area contributed by atoms with E-state index in [4.69, 9.17) is 0 Å². The molecule has 2 amide bonds. The first-order chi connectivity index (χ1) is 19.0. The first-order valence-corrected chi connectivity index (χ1v) is 14.2.